The normalized spacial score (nSPS) is 18.7. The molecule has 12 heteroatoms. The van der Waals surface area contributed by atoms with Crippen LogP contribution in [0.5, 0.6) is 0 Å². The average molecular weight is 557 g/mol. The number of nitrogens with one attached hydrogen (secondary N) is 2. The molecular weight excluding hydrogens is 520 g/mol. The number of esters is 1. The number of sulfonamides is 1. The lowest BCUT2D eigenvalue weighted by Gasteiger charge is -2.40. The van der Waals surface area contributed by atoms with Gasteiger partial charge in [0.2, 0.25) is 15.9 Å². The lowest BCUT2D eigenvalue weighted by molar-refractivity contribution is -0.159. The summed E-state index contributed by atoms with van der Waals surface area (Å²) in [4.78, 5) is 39.9. The minimum absolute atomic E-state index is 0.0313. The number of likely N-dealkylation sites (N-methyl/N-ethyl adjacent to an activating group) is 1. The van der Waals surface area contributed by atoms with Gasteiger partial charge in [0.1, 0.15) is 17.0 Å². The van der Waals surface area contributed by atoms with Gasteiger partial charge in [0.25, 0.3) is 0 Å². The number of imidazole rings is 1. The van der Waals surface area contributed by atoms with Crippen LogP contribution in [-0.2, 0) is 24.3 Å². The molecule has 0 aliphatic carbocycles. The van der Waals surface area contributed by atoms with Crippen LogP contribution in [0.25, 0.3) is 10.9 Å². The molecular formula is C27H36N6O5S. The third kappa shape index (κ3) is 6.39. The van der Waals surface area contributed by atoms with Crippen molar-refractivity contribution in [2.45, 2.75) is 56.5 Å². The standard InChI is InChI=1S/C27H36N6O5S/c1-4-38-26(35)22-18-19(2)12-17-33(22)25(34)21(10-7-14-29-27-30-15-16-31-27)32(3)39(36,37)23-11-5-8-20-9-6-13-28-24(20)23/h5-6,8-9,11,13,15-16,19,21-22H,4,7,10,12,14,17-18H2,1-3H3,(H2,29,30,31)/t19?,21-,22?/m0/s1. The summed E-state index contributed by atoms with van der Waals surface area (Å²) in [7, 11) is -2.70. The van der Waals surface area contributed by atoms with E-state index in [-0.39, 0.29) is 23.8 Å². The Labute approximate surface area is 229 Å². The summed E-state index contributed by atoms with van der Waals surface area (Å²) in [6.45, 7) is 4.79. The number of ether oxygens (including phenoxy) is 1. The number of likely N-dealkylation sites (tertiary alicyclic amines) is 1. The number of carbonyl (C=O) groups excluding carboxylic acids is 2. The van der Waals surface area contributed by atoms with E-state index >= 15 is 0 Å². The molecule has 0 spiro atoms. The van der Waals surface area contributed by atoms with Gasteiger partial charge < -0.3 is 19.9 Å². The zero-order valence-electron chi connectivity index (χ0n) is 22.5. The van der Waals surface area contributed by atoms with Crippen LogP contribution < -0.4 is 5.32 Å². The molecule has 1 amide bonds. The first-order chi connectivity index (χ1) is 18.7. The summed E-state index contributed by atoms with van der Waals surface area (Å²) in [6.07, 6.45) is 6.78. The predicted octanol–water partition coefficient (Wildman–Crippen LogP) is 3.03. The first kappa shape index (κ1) is 28.5. The van der Waals surface area contributed by atoms with E-state index in [4.69, 9.17) is 4.74 Å². The van der Waals surface area contributed by atoms with Gasteiger partial charge in [0.05, 0.1) is 12.1 Å². The Balaban J connectivity index is 1.64. The molecule has 2 N–H and O–H groups in total. The first-order valence-corrected chi connectivity index (χ1v) is 14.7. The van der Waals surface area contributed by atoms with Crippen LogP contribution in [0, 0.1) is 5.92 Å². The number of fused-ring (bicyclic) bond motifs is 1. The number of rotatable bonds is 11. The van der Waals surface area contributed by atoms with E-state index in [0.29, 0.717) is 42.8 Å². The van der Waals surface area contributed by atoms with Crippen molar-refractivity contribution in [3.05, 3.63) is 48.9 Å². The van der Waals surface area contributed by atoms with Crippen molar-refractivity contribution in [3.8, 4) is 0 Å². The maximum absolute atomic E-state index is 14.1. The molecule has 1 aliphatic rings. The SMILES string of the molecule is CCOC(=O)C1CC(C)CCN1C(=O)[C@H](CCCNc1ncc[nH]1)N(C)S(=O)(=O)c1cccc2cccnc12. The number of anilines is 1. The Kier molecular flexibility index (Phi) is 9.18. The molecule has 1 aliphatic heterocycles. The molecule has 2 aromatic heterocycles. The number of hydrogen-bond donors (Lipinski definition) is 2. The highest BCUT2D eigenvalue weighted by atomic mass is 32.2. The van der Waals surface area contributed by atoms with Crippen molar-refractivity contribution < 1.29 is 22.7 Å². The predicted molar refractivity (Wildman–Crippen MR) is 147 cm³/mol. The first-order valence-electron chi connectivity index (χ1n) is 13.3. The third-order valence-electron chi connectivity index (χ3n) is 7.13. The van der Waals surface area contributed by atoms with Crippen LogP contribution in [0.3, 0.4) is 0 Å². The Morgan fingerprint density at radius 1 is 1.23 bits per heavy atom. The van der Waals surface area contributed by atoms with Crippen molar-refractivity contribution in [1.29, 1.82) is 0 Å². The fraction of sp³-hybridized carbons (Fsp3) is 0.481. The Bertz CT molecular complexity index is 1380. The number of aromatic nitrogens is 3. The van der Waals surface area contributed by atoms with Crippen LogP contribution in [-0.4, -0.2) is 83.3 Å². The number of aromatic amines is 1. The Morgan fingerprint density at radius 3 is 2.77 bits per heavy atom. The topological polar surface area (TPSA) is 138 Å². The minimum atomic E-state index is -4.12. The van der Waals surface area contributed by atoms with Gasteiger partial charge in [0.15, 0.2) is 5.95 Å². The molecule has 1 fully saturated rings. The fourth-order valence-electron chi connectivity index (χ4n) is 4.99. The summed E-state index contributed by atoms with van der Waals surface area (Å²) in [5.74, 6) is -0.0349. The number of para-hydroxylation sites is 1. The molecule has 210 valence electrons. The van der Waals surface area contributed by atoms with Gasteiger partial charge in [-0.05, 0) is 50.7 Å². The van der Waals surface area contributed by atoms with E-state index in [0.717, 1.165) is 10.7 Å². The Morgan fingerprint density at radius 2 is 2.03 bits per heavy atom. The van der Waals surface area contributed by atoms with Crippen molar-refractivity contribution >= 4 is 38.8 Å². The molecule has 0 saturated carbocycles. The number of benzene rings is 1. The summed E-state index contributed by atoms with van der Waals surface area (Å²) in [5, 5.41) is 3.82. The molecule has 11 nitrogen and oxygen atoms in total. The molecule has 0 radical (unpaired) electrons. The molecule has 3 atom stereocenters. The second-order valence-corrected chi connectivity index (χ2v) is 11.8. The summed E-state index contributed by atoms with van der Waals surface area (Å²) >= 11 is 0. The van der Waals surface area contributed by atoms with E-state index in [1.54, 1.807) is 49.8 Å². The molecule has 39 heavy (non-hydrogen) atoms. The molecule has 1 saturated heterocycles. The van der Waals surface area contributed by atoms with Crippen LogP contribution >= 0.6 is 0 Å². The highest BCUT2D eigenvalue weighted by Gasteiger charge is 2.42. The van der Waals surface area contributed by atoms with Gasteiger partial charge in [-0.3, -0.25) is 9.78 Å². The highest BCUT2D eigenvalue weighted by molar-refractivity contribution is 7.89. The molecule has 0 bridgehead atoms. The lowest BCUT2D eigenvalue weighted by atomic mass is 9.91. The number of piperidine rings is 1. The smallest absolute Gasteiger partial charge is 0.328 e. The summed E-state index contributed by atoms with van der Waals surface area (Å²) < 4.78 is 34.3. The minimum Gasteiger partial charge on any atom is -0.464 e. The van der Waals surface area contributed by atoms with Gasteiger partial charge in [0, 0.05) is 44.1 Å². The molecule has 2 unspecified atom stereocenters. The fourth-order valence-corrected chi connectivity index (χ4v) is 6.50. The van der Waals surface area contributed by atoms with E-state index < -0.39 is 34.0 Å². The van der Waals surface area contributed by atoms with Gasteiger partial charge in [-0.2, -0.15) is 4.31 Å². The van der Waals surface area contributed by atoms with Crippen molar-refractivity contribution in [1.82, 2.24) is 24.2 Å². The van der Waals surface area contributed by atoms with Crippen molar-refractivity contribution in [2.75, 3.05) is 32.1 Å². The number of nitrogens with zero attached hydrogens (tertiary/aromatic N) is 4. The van der Waals surface area contributed by atoms with Crippen molar-refractivity contribution in [2.24, 2.45) is 5.92 Å². The van der Waals surface area contributed by atoms with Gasteiger partial charge in [-0.25, -0.2) is 18.2 Å². The van der Waals surface area contributed by atoms with E-state index in [1.165, 1.54) is 18.0 Å². The molecule has 1 aromatic carbocycles. The van der Waals surface area contributed by atoms with E-state index in [9.17, 15) is 18.0 Å². The highest BCUT2D eigenvalue weighted by Crippen LogP contribution is 2.29. The van der Waals surface area contributed by atoms with Crippen LogP contribution in [0.4, 0.5) is 5.95 Å². The zero-order valence-corrected chi connectivity index (χ0v) is 23.4. The third-order valence-corrected chi connectivity index (χ3v) is 9.03. The van der Waals surface area contributed by atoms with Gasteiger partial charge >= 0.3 is 5.97 Å². The average Bonchev–Trinajstić information content (AvgIpc) is 3.46. The van der Waals surface area contributed by atoms with E-state index in [2.05, 4.69) is 20.3 Å². The van der Waals surface area contributed by atoms with Crippen LogP contribution in [0.2, 0.25) is 0 Å². The number of carbonyl (C=O) groups is 2. The maximum Gasteiger partial charge on any atom is 0.328 e. The number of hydrogen-bond acceptors (Lipinski definition) is 8. The summed E-state index contributed by atoms with van der Waals surface area (Å²) in [5.41, 5.74) is 0.341. The largest absolute Gasteiger partial charge is 0.464 e. The zero-order chi connectivity index (χ0) is 28.0. The number of pyridine rings is 1. The number of H-pyrrole nitrogens is 1. The van der Waals surface area contributed by atoms with Crippen molar-refractivity contribution in [3.63, 3.8) is 0 Å². The van der Waals surface area contributed by atoms with Gasteiger partial charge in [-0.15, -0.1) is 0 Å². The van der Waals surface area contributed by atoms with E-state index in [1.807, 2.05) is 6.92 Å². The summed E-state index contributed by atoms with van der Waals surface area (Å²) in [6, 6.07) is 6.72. The monoisotopic (exact) mass is 556 g/mol. The second-order valence-electron chi connectivity index (χ2n) is 9.80. The molecule has 4 rings (SSSR count). The lowest BCUT2D eigenvalue weighted by Crippen LogP contribution is -2.57. The quantitative estimate of drug-likeness (QED) is 0.272. The maximum atomic E-state index is 14.1. The van der Waals surface area contributed by atoms with Crippen LogP contribution in [0.1, 0.15) is 39.5 Å². The molecule has 3 heterocycles. The van der Waals surface area contributed by atoms with Gasteiger partial charge in [-0.1, -0.05) is 25.1 Å². The molecule has 3 aromatic rings. The Hall–Kier alpha value is -3.51. The number of amides is 1. The van der Waals surface area contributed by atoms with Crippen LogP contribution in [0.15, 0.2) is 53.8 Å². The second kappa shape index (κ2) is 12.6.